The lowest BCUT2D eigenvalue weighted by atomic mass is 9.55. The summed E-state index contributed by atoms with van der Waals surface area (Å²) in [6.45, 7) is 9.70. The molecule has 184 valence electrons. The summed E-state index contributed by atoms with van der Waals surface area (Å²) in [4.78, 5) is 0. The van der Waals surface area contributed by atoms with Gasteiger partial charge in [-0.2, -0.15) is 0 Å². The Morgan fingerprint density at radius 2 is 1.08 bits per heavy atom. The van der Waals surface area contributed by atoms with Crippen LogP contribution < -0.4 is 0 Å². The van der Waals surface area contributed by atoms with Crippen LogP contribution in [0.15, 0.2) is 103 Å². The molecule has 0 atom stereocenters. The Balaban J connectivity index is 1.46. The Morgan fingerprint density at radius 1 is 0.500 bits per heavy atom. The molecule has 38 heavy (non-hydrogen) atoms. The highest BCUT2D eigenvalue weighted by atomic mass is 32.1. The zero-order valence-corrected chi connectivity index (χ0v) is 23.0. The molecule has 0 unspecified atom stereocenters. The Hall–Kier alpha value is -3.88. The molecule has 1 aliphatic carbocycles. The largest absolute Gasteiger partial charge is 0.309 e. The monoisotopic (exact) mass is 507 g/mol. The number of benzene rings is 5. The molecule has 1 nitrogen and oxygen atoms in total. The molecule has 0 saturated heterocycles. The first-order chi connectivity index (χ1) is 18.4. The van der Waals surface area contributed by atoms with E-state index in [1.807, 2.05) is 11.3 Å². The van der Waals surface area contributed by atoms with Crippen LogP contribution >= 0.6 is 11.3 Å². The Bertz CT molecular complexity index is 2030. The number of thiophene rings is 1. The van der Waals surface area contributed by atoms with Crippen LogP contribution in [0.3, 0.4) is 0 Å². The molecular weight excluding hydrogens is 478 g/mol. The smallest absolute Gasteiger partial charge is 0.0541 e. The number of hydrogen-bond donors (Lipinski definition) is 0. The fraction of sp³-hybridized carbons (Fsp3) is 0.167. The zero-order chi connectivity index (χ0) is 25.8. The average Bonchev–Trinajstić information content (AvgIpc) is 3.46. The number of fused-ring (bicyclic) bond motifs is 9. The minimum Gasteiger partial charge on any atom is -0.309 e. The van der Waals surface area contributed by atoms with E-state index < -0.39 is 0 Å². The number of aromatic nitrogens is 1. The normalized spacial score (nSPS) is 15.8. The van der Waals surface area contributed by atoms with Crippen molar-refractivity contribution in [3.05, 3.63) is 114 Å². The summed E-state index contributed by atoms with van der Waals surface area (Å²) < 4.78 is 5.17. The standard InChI is InChI=1S/C36H29NS/c1-35(2)29-18-17-22(37-31-14-8-5-11-23(31)24-12-6-9-15-32(24)37)19-26(29)27-21-34-28(20-30(27)36(35,3)4)25-13-7-10-16-33(25)38-34/h5-21H,1-4H3. The summed E-state index contributed by atoms with van der Waals surface area (Å²) in [5.41, 5.74) is 9.32. The van der Waals surface area contributed by atoms with Crippen molar-refractivity contribution in [2.75, 3.05) is 0 Å². The minimum atomic E-state index is -0.0197. The van der Waals surface area contributed by atoms with Gasteiger partial charge in [-0.1, -0.05) is 88.4 Å². The van der Waals surface area contributed by atoms with E-state index in [1.54, 1.807) is 0 Å². The van der Waals surface area contributed by atoms with Gasteiger partial charge in [0, 0.05) is 36.6 Å². The van der Waals surface area contributed by atoms with Gasteiger partial charge in [0.15, 0.2) is 0 Å². The van der Waals surface area contributed by atoms with E-state index in [0.717, 1.165) is 0 Å². The highest BCUT2D eigenvalue weighted by Gasteiger charge is 2.46. The van der Waals surface area contributed by atoms with Crippen LogP contribution in [0.4, 0.5) is 0 Å². The maximum atomic E-state index is 2.50. The van der Waals surface area contributed by atoms with Crippen LogP contribution in [0.25, 0.3) is 58.8 Å². The third-order valence-corrected chi connectivity index (χ3v) is 10.7. The van der Waals surface area contributed by atoms with Crippen molar-refractivity contribution in [3.63, 3.8) is 0 Å². The van der Waals surface area contributed by atoms with Crippen molar-refractivity contribution in [1.82, 2.24) is 4.57 Å². The van der Waals surface area contributed by atoms with Gasteiger partial charge in [0.1, 0.15) is 0 Å². The predicted octanol–water partition coefficient (Wildman–Crippen LogP) is 10.4. The van der Waals surface area contributed by atoms with Gasteiger partial charge in [-0.15, -0.1) is 11.3 Å². The second kappa shape index (κ2) is 7.36. The number of nitrogens with zero attached hydrogens (tertiary/aromatic N) is 1. The van der Waals surface area contributed by atoms with Gasteiger partial charge in [0.2, 0.25) is 0 Å². The predicted molar refractivity (Wildman–Crippen MR) is 165 cm³/mol. The Morgan fingerprint density at radius 3 is 1.79 bits per heavy atom. The van der Waals surface area contributed by atoms with Crippen molar-refractivity contribution < 1.29 is 0 Å². The molecule has 0 fully saturated rings. The molecule has 7 aromatic rings. The van der Waals surface area contributed by atoms with E-state index in [-0.39, 0.29) is 10.8 Å². The van der Waals surface area contributed by atoms with Gasteiger partial charge in [-0.25, -0.2) is 0 Å². The summed E-state index contributed by atoms with van der Waals surface area (Å²) in [6.07, 6.45) is 0. The summed E-state index contributed by atoms with van der Waals surface area (Å²) in [5.74, 6) is 0. The van der Waals surface area contributed by atoms with Gasteiger partial charge in [-0.05, 0) is 75.5 Å². The molecule has 2 heteroatoms. The zero-order valence-electron chi connectivity index (χ0n) is 22.2. The van der Waals surface area contributed by atoms with Crippen molar-refractivity contribution >= 4 is 53.3 Å². The maximum Gasteiger partial charge on any atom is 0.0541 e. The summed E-state index contributed by atoms with van der Waals surface area (Å²) >= 11 is 1.91. The number of rotatable bonds is 1. The van der Waals surface area contributed by atoms with Crippen molar-refractivity contribution in [3.8, 4) is 16.8 Å². The molecule has 0 bridgehead atoms. The van der Waals surface area contributed by atoms with Crippen molar-refractivity contribution in [2.24, 2.45) is 0 Å². The second-order valence-electron chi connectivity index (χ2n) is 11.8. The van der Waals surface area contributed by atoms with Gasteiger partial charge in [0.05, 0.1) is 11.0 Å². The molecule has 0 radical (unpaired) electrons. The Labute approximate surface area is 227 Å². The van der Waals surface area contributed by atoms with E-state index in [0.29, 0.717) is 0 Å². The van der Waals surface area contributed by atoms with Crippen LogP contribution in [0.1, 0.15) is 38.8 Å². The lowest BCUT2D eigenvalue weighted by molar-refractivity contribution is 0.299. The van der Waals surface area contributed by atoms with Crippen LogP contribution in [-0.4, -0.2) is 4.57 Å². The van der Waals surface area contributed by atoms with Gasteiger partial charge in [0.25, 0.3) is 0 Å². The molecular formula is C36H29NS. The SMILES string of the molecule is CC1(C)c2ccc(-n3c4ccccc4c4ccccc43)cc2-c2cc3sc4ccccc4c3cc2C1(C)C. The summed E-state index contributed by atoms with van der Waals surface area (Å²) in [7, 11) is 0. The number of para-hydroxylation sites is 2. The summed E-state index contributed by atoms with van der Waals surface area (Å²) in [6, 6.07) is 38.5. The van der Waals surface area contributed by atoms with E-state index in [4.69, 9.17) is 0 Å². The summed E-state index contributed by atoms with van der Waals surface area (Å²) in [5, 5.41) is 5.35. The van der Waals surface area contributed by atoms with Crippen molar-refractivity contribution in [1.29, 1.82) is 0 Å². The van der Waals surface area contributed by atoms with Gasteiger partial charge in [-0.3, -0.25) is 0 Å². The van der Waals surface area contributed by atoms with E-state index in [9.17, 15) is 0 Å². The maximum absolute atomic E-state index is 2.50. The van der Waals surface area contributed by atoms with Crippen LogP contribution in [0, 0.1) is 0 Å². The molecule has 8 rings (SSSR count). The first-order valence-corrected chi connectivity index (χ1v) is 14.3. The quantitative estimate of drug-likeness (QED) is 0.208. The van der Waals surface area contributed by atoms with Crippen LogP contribution in [0.5, 0.6) is 0 Å². The van der Waals surface area contributed by atoms with Crippen molar-refractivity contribution in [2.45, 2.75) is 38.5 Å². The van der Waals surface area contributed by atoms with Crippen LogP contribution in [0.2, 0.25) is 0 Å². The highest BCUT2D eigenvalue weighted by Crippen LogP contribution is 2.55. The molecule has 0 N–H and O–H groups in total. The fourth-order valence-electron chi connectivity index (χ4n) is 6.82. The molecule has 0 spiro atoms. The molecule has 2 aromatic heterocycles. The third-order valence-electron chi connectivity index (χ3n) is 9.56. The third kappa shape index (κ3) is 2.71. The lowest BCUT2D eigenvalue weighted by Gasteiger charge is -2.48. The molecule has 5 aromatic carbocycles. The van der Waals surface area contributed by atoms with E-state index in [2.05, 4.69) is 135 Å². The van der Waals surface area contributed by atoms with E-state index in [1.165, 1.54) is 69.9 Å². The van der Waals surface area contributed by atoms with Crippen LogP contribution in [-0.2, 0) is 10.8 Å². The Kier molecular flexibility index (Phi) is 4.29. The first-order valence-electron chi connectivity index (χ1n) is 13.5. The molecule has 1 aliphatic rings. The first kappa shape index (κ1) is 22.1. The van der Waals surface area contributed by atoms with Gasteiger partial charge < -0.3 is 4.57 Å². The topological polar surface area (TPSA) is 4.93 Å². The molecule has 2 heterocycles. The fourth-order valence-corrected chi connectivity index (χ4v) is 7.95. The molecule has 0 aliphatic heterocycles. The highest BCUT2D eigenvalue weighted by molar-refractivity contribution is 7.25. The second-order valence-corrected chi connectivity index (χ2v) is 12.9. The minimum absolute atomic E-state index is 0.0130. The lowest BCUT2D eigenvalue weighted by Crippen LogP contribution is -2.43. The van der Waals surface area contributed by atoms with Gasteiger partial charge >= 0.3 is 0 Å². The average molecular weight is 508 g/mol. The molecule has 0 saturated carbocycles. The number of hydrogen-bond acceptors (Lipinski definition) is 1. The van der Waals surface area contributed by atoms with E-state index >= 15 is 0 Å². The molecule has 0 amide bonds.